The van der Waals surface area contributed by atoms with Crippen LogP contribution in [0.4, 0.5) is 0 Å². The summed E-state index contributed by atoms with van der Waals surface area (Å²) in [5, 5.41) is 43.6. The van der Waals surface area contributed by atoms with Gasteiger partial charge in [-0.2, -0.15) is 0 Å². The summed E-state index contributed by atoms with van der Waals surface area (Å²) in [5.41, 5.74) is 0. The first kappa shape index (κ1) is 51.8. The van der Waals surface area contributed by atoms with Gasteiger partial charge in [0.05, 0.1) is 18.8 Å². The predicted molar refractivity (Wildman–Crippen MR) is 228 cm³/mol. The van der Waals surface area contributed by atoms with Gasteiger partial charge in [-0.3, -0.25) is 4.79 Å². The van der Waals surface area contributed by atoms with E-state index in [2.05, 4.69) is 43.5 Å². The molecule has 1 amide bonds. The van der Waals surface area contributed by atoms with Crippen LogP contribution >= 0.6 is 0 Å². The van der Waals surface area contributed by atoms with Crippen LogP contribution < -0.4 is 5.32 Å². The maximum atomic E-state index is 12.5. The van der Waals surface area contributed by atoms with Gasteiger partial charge in [0.15, 0.2) is 0 Å². The van der Waals surface area contributed by atoms with Gasteiger partial charge in [0.25, 0.3) is 0 Å². The van der Waals surface area contributed by atoms with E-state index < -0.39 is 36.9 Å². The molecule has 4 atom stereocenters. The molecule has 0 aliphatic heterocycles. The van der Waals surface area contributed by atoms with Crippen molar-refractivity contribution in [3.63, 3.8) is 0 Å². The third kappa shape index (κ3) is 36.2. The number of aliphatic hydroxyl groups excluding tert-OH is 4. The van der Waals surface area contributed by atoms with Gasteiger partial charge in [-0.05, 0) is 64.2 Å². The Labute approximate surface area is 329 Å². The first-order valence-corrected chi connectivity index (χ1v) is 23.2. The van der Waals surface area contributed by atoms with Crippen LogP contribution in [0.25, 0.3) is 0 Å². The molecule has 0 heterocycles. The fraction of sp³-hybridized carbons (Fsp3) is 0.894. The van der Waals surface area contributed by atoms with Crippen LogP contribution in [0.5, 0.6) is 0 Å². The van der Waals surface area contributed by atoms with Gasteiger partial charge in [-0.1, -0.05) is 199 Å². The van der Waals surface area contributed by atoms with Crippen LogP contribution in [0.1, 0.15) is 239 Å². The van der Waals surface area contributed by atoms with Crippen LogP contribution in [0.15, 0.2) is 24.3 Å². The number of rotatable bonds is 42. The molecule has 0 aromatic heterocycles. The Morgan fingerprint density at radius 2 is 0.774 bits per heavy atom. The summed E-state index contributed by atoms with van der Waals surface area (Å²) in [6, 6.07) is -1.000. The van der Waals surface area contributed by atoms with Crippen LogP contribution in [-0.2, 0) is 4.79 Å². The zero-order valence-corrected chi connectivity index (χ0v) is 35.3. The van der Waals surface area contributed by atoms with E-state index in [4.69, 9.17) is 0 Å². The molecule has 0 aromatic carbocycles. The number of allylic oxidation sites excluding steroid dienone is 4. The Bertz CT molecular complexity index is 802. The number of hydrogen-bond donors (Lipinski definition) is 5. The largest absolute Gasteiger partial charge is 0.394 e. The van der Waals surface area contributed by atoms with Gasteiger partial charge in [-0.25, -0.2) is 0 Å². The lowest BCUT2D eigenvalue weighted by molar-refractivity contribution is -0.132. The number of amides is 1. The molecule has 6 nitrogen and oxygen atoms in total. The third-order valence-corrected chi connectivity index (χ3v) is 10.9. The summed E-state index contributed by atoms with van der Waals surface area (Å²) < 4.78 is 0. The minimum atomic E-state index is -1.28. The Hall–Kier alpha value is -1.21. The summed E-state index contributed by atoms with van der Waals surface area (Å²) in [6.07, 6.45) is 48.0. The summed E-state index contributed by atoms with van der Waals surface area (Å²) in [4.78, 5) is 12.5. The van der Waals surface area contributed by atoms with Crippen molar-refractivity contribution >= 4 is 5.91 Å². The van der Waals surface area contributed by atoms with Crippen LogP contribution in [-0.4, -0.2) is 57.3 Å². The monoisotopic (exact) mass is 750 g/mol. The number of nitrogens with one attached hydrogen (secondary N) is 1. The molecule has 0 aliphatic carbocycles. The van der Waals surface area contributed by atoms with Crippen molar-refractivity contribution in [3.05, 3.63) is 24.3 Å². The maximum absolute atomic E-state index is 12.5. The lowest BCUT2D eigenvalue weighted by Crippen LogP contribution is -2.53. The summed E-state index contributed by atoms with van der Waals surface area (Å²) >= 11 is 0. The minimum Gasteiger partial charge on any atom is -0.394 e. The highest BCUT2D eigenvalue weighted by Gasteiger charge is 2.28. The SMILES string of the molecule is CCCCCCCCC/C=C/CCCC(O)C(O)C(CO)NC(=O)C(O)CCCCCCCCCCC/C=C\CCCCCCCCCCCCCC. The number of aliphatic hydroxyl groups is 4. The van der Waals surface area contributed by atoms with Gasteiger partial charge in [0.2, 0.25) is 5.91 Å². The molecule has 0 saturated heterocycles. The van der Waals surface area contributed by atoms with Crippen molar-refractivity contribution in [1.29, 1.82) is 0 Å². The number of hydrogen-bond acceptors (Lipinski definition) is 5. The van der Waals surface area contributed by atoms with Crippen LogP contribution in [0.3, 0.4) is 0 Å². The van der Waals surface area contributed by atoms with Crippen LogP contribution in [0, 0.1) is 0 Å². The Morgan fingerprint density at radius 1 is 0.453 bits per heavy atom. The first-order valence-electron chi connectivity index (χ1n) is 23.2. The zero-order valence-electron chi connectivity index (χ0n) is 35.3. The van der Waals surface area contributed by atoms with E-state index in [0.29, 0.717) is 12.8 Å². The number of carbonyl (C=O) groups is 1. The fourth-order valence-corrected chi connectivity index (χ4v) is 7.16. The molecule has 0 aliphatic rings. The minimum absolute atomic E-state index is 0.362. The van der Waals surface area contributed by atoms with Crippen molar-refractivity contribution in [3.8, 4) is 0 Å². The fourth-order valence-electron chi connectivity index (χ4n) is 7.16. The second-order valence-corrected chi connectivity index (χ2v) is 16.1. The molecule has 5 N–H and O–H groups in total. The molecule has 0 fully saturated rings. The van der Waals surface area contributed by atoms with E-state index >= 15 is 0 Å². The molecule has 0 bridgehead atoms. The van der Waals surface area contributed by atoms with E-state index in [0.717, 1.165) is 38.5 Å². The number of carbonyl (C=O) groups excluding carboxylic acids is 1. The lowest BCUT2D eigenvalue weighted by Gasteiger charge is -2.27. The topological polar surface area (TPSA) is 110 Å². The highest BCUT2D eigenvalue weighted by atomic mass is 16.3. The van der Waals surface area contributed by atoms with Crippen molar-refractivity contribution < 1.29 is 25.2 Å². The summed E-state index contributed by atoms with van der Waals surface area (Å²) in [6.45, 7) is 4.03. The van der Waals surface area contributed by atoms with E-state index in [1.807, 2.05) is 0 Å². The van der Waals surface area contributed by atoms with Gasteiger partial charge in [0.1, 0.15) is 12.2 Å². The molecule has 0 radical (unpaired) electrons. The van der Waals surface area contributed by atoms with E-state index in [1.165, 1.54) is 173 Å². The highest BCUT2D eigenvalue weighted by Crippen LogP contribution is 2.16. The van der Waals surface area contributed by atoms with Crippen molar-refractivity contribution in [2.75, 3.05) is 6.61 Å². The van der Waals surface area contributed by atoms with Gasteiger partial charge < -0.3 is 25.7 Å². The normalized spacial score (nSPS) is 14.3. The van der Waals surface area contributed by atoms with Gasteiger partial charge in [0, 0.05) is 0 Å². The molecular formula is C47H91NO5. The van der Waals surface area contributed by atoms with Crippen molar-refractivity contribution in [2.45, 2.75) is 263 Å². The lowest BCUT2D eigenvalue weighted by atomic mass is 10.00. The number of unbranched alkanes of at least 4 members (excludes halogenated alkanes) is 29. The Balaban J connectivity index is 3.68. The Kier molecular flexibility index (Phi) is 41.0. The molecule has 6 heteroatoms. The average Bonchev–Trinajstić information content (AvgIpc) is 3.16. The summed E-state index contributed by atoms with van der Waals surface area (Å²) in [5.74, 6) is -0.595. The predicted octanol–water partition coefficient (Wildman–Crippen LogP) is 12.4. The van der Waals surface area contributed by atoms with Gasteiger partial charge in [-0.15, -0.1) is 0 Å². The smallest absolute Gasteiger partial charge is 0.249 e. The van der Waals surface area contributed by atoms with Crippen molar-refractivity contribution in [1.82, 2.24) is 5.32 Å². The standard InChI is InChI=1S/C47H91NO5/c1-3-5-7-9-11-13-15-17-18-19-20-21-22-23-24-25-26-27-28-29-31-33-35-37-39-41-45(51)47(53)48-43(42-49)46(52)44(50)40-38-36-34-32-30-16-14-12-10-8-6-4-2/h23-24,32,34,43-46,49-52H,3-22,25-31,33,35-42H2,1-2H3,(H,48,53)/b24-23-,34-32+. The zero-order chi connectivity index (χ0) is 38.9. The maximum Gasteiger partial charge on any atom is 0.249 e. The van der Waals surface area contributed by atoms with Crippen molar-refractivity contribution in [2.24, 2.45) is 0 Å². The molecule has 0 rings (SSSR count). The molecule has 0 aromatic rings. The molecule has 4 unspecified atom stereocenters. The first-order chi connectivity index (χ1) is 26.0. The molecule has 0 saturated carbocycles. The van der Waals surface area contributed by atoms with Crippen LogP contribution in [0.2, 0.25) is 0 Å². The molecule has 53 heavy (non-hydrogen) atoms. The van der Waals surface area contributed by atoms with E-state index in [-0.39, 0.29) is 0 Å². The average molecular weight is 750 g/mol. The van der Waals surface area contributed by atoms with E-state index in [1.54, 1.807) is 0 Å². The Morgan fingerprint density at radius 3 is 1.13 bits per heavy atom. The van der Waals surface area contributed by atoms with E-state index in [9.17, 15) is 25.2 Å². The third-order valence-electron chi connectivity index (χ3n) is 10.9. The highest BCUT2D eigenvalue weighted by molar-refractivity contribution is 5.80. The summed E-state index contributed by atoms with van der Waals surface area (Å²) in [7, 11) is 0. The second kappa shape index (κ2) is 41.9. The second-order valence-electron chi connectivity index (χ2n) is 16.1. The molecule has 314 valence electrons. The molecular weight excluding hydrogens is 659 g/mol. The molecule has 0 spiro atoms. The van der Waals surface area contributed by atoms with Gasteiger partial charge >= 0.3 is 0 Å². The quantitative estimate of drug-likeness (QED) is 0.0315.